The Kier molecular flexibility index (Phi) is 7.26. The number of unbranched alkanes of at least 4 members (excludes halogenated alkanes) is 1. The van der Waals surface area contributed by atoms with Crippen molar-refractivity contribution in [3.05, 3.63) is 100.0 Å². The van der Waals surface area contributed by atoms with Crippen molar-refractivity contribution in [3.63, 3.8) is 0 Å². The summed E-state index contributed by atoms with van der Waals surface area (Å²) in [5.41, 5.74) is 2.36. The highest BCUT2D eigenvalue weighted by Gasteiger charge is 2.27. The summed E-state index contributed by atoms with van der Waals surface area (Å²) in [5.74, 6) is 1.10. The van der Waals surface area contributed by atoms with Gasteiger partial charge in [0, 0.05) is 12.1 Å². The van der Waals surface area contributed by atoms with Crippen LogP contribution >= 0.6 is 0 Å². The van der Waals surface area contributed by atoms with Gasteiger partial charge >= 0.3 is 0 Å². The summed E-state index contributed by atoms with van der Waals surface area (Å²) in [6, 6.07) is 18.3. The number of amides is 1. The maximum atomic E-state index is 13.7. The van der Waals surface area contributed by atoms with Gasteiger partial charge in [0.2, 0.25) is 0 Å². The summed E-state index contributed by atoms with van der Waals surface area (Å²) in [4.78, 5) is 33.5. The molecule has 2 aromatic carbocycles. The number of aromatic nitrogens is 2. The quantitative estimate of drug-likeness (QED) is 0.321. The molecule has 176 valence electrons. The molecule has 0 spiro atoms. The highest BCUT2D eigenvalue weighted by molar-refractivity contribution is 5.94. The third-order valence-corrected chi connectivity index (χ3v) is 6.24. The fourth-order valence-corrected chi connectivity index (χ4v) is 4.26. The van der Waals surface area contributed by atoms with Crippen molar-refractivity contribution in [2.45, 2.75) is 59.2 Å². The molecule has 1 amide bonds. The van der Waals surface area contributed by atoms with Crippen molar-refractivity contribution in [1.29, 1.82) is 0 Å². The van der Waals surface area contributed by atoms with Gasteiger partial charge in [0.05, 0.1) is 29.8 Å². The van der Waals surface area contributed by atoms with E-state index < -0.39 is 6.04 Å². The first kappa shape index (κ1) is 23.5. The fourth-order valence-electron chi connectivity index (χ4n) is 4.26. The van der Waals surface area contributed by atoms with Gasteiger partial charge in [0.1, 0.15) is 11.6 Å². The Hall–Kier alpha value is -3.67. The zero-order valence-electron chi connectivity index (χ0n) is 20.0. The third kappa shape index (κ3) is 4.81. The number of carbonyl (C=O) groups is 1. The van der Waals surface area contributed by atoms with Crippen LogP contribution in [0.4, 0.5) is 0 Å². The lowest BCUT2D eigenvalue weighted by atomic mass is 10.0. The number of benzene rings is 2. The first-order valence-electron chi connectivity index (χ1n) is 11.9. The standard InChI is InChI=1S/C28H31N3O3/c1-4-6-10-21-14-16-22(17-15-21)27(32)31(19-23-11-9-18-34-23)20(3)26-29-25-13-8-7-12-24(25)28(33)30(26)5-2/h7-9,11-18,20H,4-6,10,19H2,1-3H3. The van der Waals surface area contributed by atoms with Crippen molar-refractivity contribution in [1.82, 2.24) is 14.5 Å². The number of carbonyl (C=O) groups excluding carboxylic acids is 1. The summed E-state index contributed by atoms with van der Waals surface area (Å²) in [6.45, 7) is 6.74. The zero-order chi connectivity index (χ0) is 24.1. The van der Waals surface area contributed by atoms with Gasteiger partial charge in [-0.2, -0.15) is 0 Å². The summed E-state index contributed by atoms with van der Waals surface area (Å²) >= 11 is 0. The van der Waals surface area contributed by atoms with E-state index in [-0.39, 0.29) is 18.0 Å². The molecule has 4 aromatic rings. The van der Waals surface area contributed by atoms with Crippen LogP contribution in [0.1, 0.15) is 67.2 Å². The van der Waals surface area contributed by atoms with E-state index in [1.54, 1.807) is 27.9 Å². The Morgan fingerprint density at radius 2 is 1.82 bits per heavy atom. The minimum absolute atomic E-state index is 0.0966. The highest BCUT2D eigenvalue weighted by Crippen LogP contribution is 2.25. The molecule has 0 aliphatic rings. The van der Waals surface area contributed by atoms with Crippen molar-refractivity contribution >= 4 is 16.8 Å². The lowest BCUT2D eigenvalue weighted by Crippen LogP contribution is -2.37. The van der Waals surface area contributed by atoms with Crippen molar-refractivity contribution in [2.75, 3.05) is 0 Å². The van der Waals surface area contributed by atoms with E-state index >= 15 is 0 Å². The van der Waals surface area contributed by atoms with Gasteiger partial charge in [0.15, 0.2) is 0 Å². The van der Waals surface area contributed by atoms with E-state index in [1.807, 2.05) is 62.4 Å². The minimum atomic E-state index is -0.449. The second-order valence-electron chi connectivity index (χ2n) is 8.53. The average molecular weight is 458 g/mol. The molecule has 2 aromatic heterocycles. The third-order valence-electron chi connectivity index (χ3n) is 6.24. The Balaban J connectivity index is 1.74. The van der Waals surface area contributed by atoms with E-state index in [4.69, 9.17) is 9.40 Å². The summed E-state index contributed by atoms with van der Waals surface area (Å²) in [7, 11) is 0. The molecule has 0 N–H and O–H groups in total. The molecule has 34 heavy (non-hydrogen) atoms. The maximum Gasteiger partial charge on any atom is 0.261 e. The lowest BCUT2D eigenvalue weighted by molar-refractivity contribution is 0.0646. The number of para-hydroxylation sites is 1. The Morgan fingerprint density at radius 3 is 2.50 bits per heavy atom. The average Bonchev–Trinajstić information content (AvgIpc) is 3.39. The Morgan fingerprint density at radius 1 is 1.06 bits per heavy atom. The van der Waals surface area contributed by atoms with Crippen molar-refractivity contribution in [3.8, 4) is 0 Å². The van der Waals surface area contributed by atoms with Gasteiger partial charge in [-0.05, 0) is 68.7 Å². The lowest BCUT2D eigenvalue weighted by Gasteiger charge is -2.30. The molecule has 0 radical (unpaired) electrons. The first-order valence-corrected chi connectivity index (χ1v) is 11.9. The van der Waals surface area contributed by atoms with Crippen LogP contribution in [0.25, 0.3) is 10.9 Å². The molecule has 1 atom stereocenters. The topological polar surface area (TPSA) is 68.3 Å². The molecule has 0 saturated carbocycles. The number of nitrogens with zero attached hydrogens (tertiary/aromatic N) is 3. The van der Waals surface area contributed by atoms with Crippen LogP contribution in [0.5, 0.6) is 0 Å². The van der Waals surface area contributed by atoms with Crippen LogP contribution in [0, 0.1) is 0 Å². The van der Waals surface area contributed by atoms with Gasteiger partial charge in [-0.25, -0.2) is 4.98 Å². The van der Waals surface area contributed by atoms with Crippen LogP contribution in [-0.4, -0.2) is 20.4 Å². The minimum Gasteiger partial charge on any atom is -0.467 e. The number of rotatable bonds is 9. The number of aryl methyl sites for hydroxylation is 1. The van der Waals surface area contributed by atoms with Crippen LogP contribution in [0.3, 0.4) is 0 Å². The summed E-state index contributed by atoms with van der Waals surface area (Å²) in [5, 5.41) is 0.576. The van der Waals surface area contributed by atoms with Crippen LogP contribution in [0.2, 0.25) is 0 Å². The second kappa shape index (κ2) is 10.5. The fraction of sp³-hybridized carbons (Fsp3) is 0.321. The molecule has 0 aliphatic heterocycles. The molecule has 0 saturated heterocycles. The molecule has 0 aliphatic carbocycles. The molecular weight excluding hydrogens is 426 g/mol. The Bertz CT molecular complexity index is 1310. The summed E-state index contributed by atoms with van der Waals surface area (Å²) in [6.07, 6.45) is 4.85. The van der Waals surface area contributed by atoms with Gasteiger partial charge < -0.3 is 9.32 Å². The maximum absolute atomic E-state index is 13.7. The summed E-state index contributed by atoms with van der Waals surface area (Å²) < 4.78 is 7.22. The van der Waals surface area contributed by atoms with Crippen molar-refractivity contribution < 1.29 is 9.21 Å². The van der Waals surface area contributed by atoms with E-state index in [2.05, 4.69) is 6.92 Å². The van der Waals surface area contributed by atoms with E-state index in [9.17, 15) is 9.59 Å². The van der Waals surface area contributed by atoms with Crippen LogP contribution in [0.15, 0.2) is 76.1 Å². The van der Waals surface area contributed by atoms with Crippen LogP contribution < -0.4 is 5.56 Å². The largest absolute Gasteiger partial charge is 0.467 e. The molecule has 1 unspecified atom stereocenters. The number of furan rings is 1. The molecular formula is C28H31N3O3. The zero-order valence-corrected chi connectivity index (χ0v) is 20.0. The molecule has 2 heterocycles. The Labute approximate surface area is 199 Å². The van der Waals surface area contributed by atoms with Crippen LogP contribution in [-0.2, 0) is 19.5 Å². The molecule has 6 heteroatoms. The van der Waals surface area contributed by atoms with Gasteiger partial charge in [-0.15, -0.1) is 0 Å². The predicted molar refractivity (Wildman–Crippen MR) is 134 cm³/mol. The normalized spacial score (nSPS) is 12.1. The van der Waals surface area contributed by atoms with E-state index in [0.717, 1.165) is 19.3 Å². The van der Waals surface area contributed by atoms with Gasteiger partial charge in [0.25, 0.3) is 11.5 Å². The monoisotopic (exact) mass is 457 g/mol. The first-order chi connectivity index (χ1) is 16.5. The van der Waals surface area contributed by atoms with Gasteiger partial charge in [-0.1, -0.05) is 37.6 Å². The van der Waals surface area contributed by atoms with Crippen molar-refractivity contribution in [2.24, 2.45) is 0 Å². The molecule has 0 fully saturated rings. The molecule has 4 rings (SSSR count). The highest BCUT2D eigenvalue weighted by atomic mass is 16.3. The predicted octanol–water partition coefficient (Wildman–Crippen LogP) is 5.76. The number of hydrogen-bond acceptors (Lipinski definition) is 4. The second-order valence-corrected chi connectivity index (χ2v) is 8.53. The van der Waals surface area contributed by atoms with E-state index in [0.29, 0.717) is 34.6 Å². The SMILES string of the molecule is CCCCc1ccc(C(=O)N(Cc2ccco2)C(C)c2nc3ccccc3c(=O)n2CC)cc1. The number of fused-ring (bicyclic) bond motifs is 1. The molecule has 0 bridgehead atoms. The number of hydrogen-bond donors (Lipinski definition) is 0. The smallest absolute Gasteiger partial charge is 0.261 e. The van der Waals surface area contributed by atoms with E-state index in [1.165, 1.54) is 5.56 Å². The van der Waals surface area contributed by atoms with Gasteiger partial charge in [-0.3, -0.25) is 14.2 Å². The molecule has 6 nitrogen and oxygen atoms in total.